The van der Waals surface area contributed by atoms with Gasteiger partial charge in [0.1, 0.15) is 5.03 Å². The lowest BCUT2D eigenvalue weighted by Gasteiger charge is -2.05. The predicted molar refractivity (Wildman–Crippen MR) is 49.4 cm³/mol. The van der Waals surface area contributed by atoms with Crippen molar-refractivity contribution >= 4 is 23.4 Å². The number of aromatic nitrogens is 2. The highest BCUT2D eigenvalue weighted by molar-refractivity contribution is 7.99. The van der Waals surface area contributed by atoms with Crippen LogP contribution in [0.25, 0.3) is 0 Å². The average molecular weight is 205 g/mol. The summed E-state index contributed by atoms with van der Waals surface area (Å²) in [4.78, 5) is 7.72. The molecule has 0 aromatic carbocycles. The van der Waals surface area contributed by atoms with Crippen LogP contribution in [-0.4, -0.2) is 26.9 Å². The van der Waals surface area contributed by atoms with Gasteiger partial charge in [0, 0.05) is 11.4 Å². The summed E-state index contributed by atoms with van der Waals surface area (Å²) < 4.78 is 0. The van der Waals surface area contributed by atoms with Crippen LogP contribution in [0.4, 0.5) is 0 Å². The van der Waals surface area contributed by atoms with Gasteiger partial charge in [-0.1, -0.05) is 6.92 Å². The monoisotopic (exact) mass is 204 g/mol. The van der Waals surface area contributed by atoms with E-state index in [1.165, 1.54) is 11.8 Å². The number of hydrogen-bond donors (Lipinski definition) is 1. The van der Waals surface area contributed by atoms with E-state index < -0.39 is 0 Å². The lowest BCUT2D eigenvalue weighted by Crippen LogP contribution is -2.02. The second kappa shape index (κ2) is 4.64. The Balaban J connectivity index is 2.63. The molecule has 0 saturated heterocycles. The Kier molecular flexibility index (Phi) is 3.78. The molecule has 0 amide bonds. The van der Waals surface area contributed by atoms with Gasteiger partial charge >= 0.3 is 0 Å². The summed E-state index contributed by atoms with van der Waals surface area (Å²) in [5.74, 6) is 0. The molecule has 66 valence electrons. The molecule has 12 heavy (non-hydrogen) atoms. The first kappa shape index (κ1) is 9.77. The molecule has 1 atom stereocenters. The number of halogens is 1. The first-order valence-electron chi connectivity index (χ1n) is 3.48. The van der Waals surface area contributed by atoms with Crippen LogP contribution in [0.2, 0.25) is 5.28 Å². The lowest BCUT2D eigenvalue weighted by molar-refractivity contribution is 0.300. The molecule has 0 aliphatic carbocycles. The van der Waals surface area contributed by atoms with Crippen LogP contribution in [0.5, 0.6) is 0 Å². The van der Waals surface area contributed by atoms with Crippen molar-refractivity contribution in [3.8, 4) is 0 Å². The highest BCUT2D eigenvalue weighted by atomic mass is 35.5. The molecule has 0 bridgehead atoms. The van der Waals surface area contributed by atoms with E-state index in [1.807, 2.05) is 6.92 Å². The molecule has 1 heterocycles. The van der Waals surface area contributed by atoms with E-state index in [0.717, 1.165) is 5.03 Å². The van der Waals surface area contributed by atoms with Crippen molar-refractivity contribution < 1.29 is 5.11 Å². The minimum atomic E-state index is 0.131. The van der Waals surface area contributed by atoms with Crippen molar-refractivity contribution in [2.24, 2.45) is 0 Å². The van der Waals surface area contributed by atoms with Gasteiger partial charge in [-0.15, -0.1) is 11.8 Å². The quantitative estimate of drug-likeness (QED) is 0.462. The summed E-state index contributed by atoms with van der Waals surface area (Å²) in [5.41, 5.74) is 0. The molecule has 0 aliphatic heterocycles. The molecule has 0 radical (unpaired) electrons. The van der Waals surface area contributed by atoms with E-state index in [9.17, 15) is 0 Å². The van der Waals surface area contributed by atoms with Gasteiger partial charge in [0.05, 0.1) is 6.61 Å². The predicted octanol–water partition coefficient (Wildman–Crippen LogP) is 1.60. The van der Waals surface area contributed by atoms with E-state index >= 15 is 0 Å². The average Bonchev–Trinajstić information content (AvgIpc) is 2.04. The maximum atomic E-state index is 8.77. The summed E-state index contributed by atoms with van der Waals surface area (Å²) >= 11 is 7.05. The van der Waals surface area contributed by atoms with Gasteiger partial charge in [0.15, 0.2) is 0 Å². The highest BCUT2D eigenvalue weighted by Gasteiger charge is 2.03. The Labute approximate surface area is 80.2 Å². The second-order valence-electron chi connectivity index (χ2n) is 2.27. The molecule has 0 aliphatic rings. The smallest absolute Gasteiger partial charge is 0.223 e. The van der Waals surface area contributed by atoms with Crippen LogP contribution in [0.15, 0.2) is 17.3 Å². The van der Waals surface area contributed by atoms with Gasteiger partial charge in [0.25, 0.3) is 0 Å². The first-order chi connectivity index (χ1) is 5.72. The van der Waals surface area contributed by atoms with E-state index in [-0.39, 0.29) is 17.1 Å². The molecule has 1 unspecified atom stereocenters. The largest absolute Gasteiger partial charge is 0.395 e. The number of aliphatic hydroxyl groups excluding tert-OH is 1. The fraction of sp³-hybridized carbons (Fsp3) is 0.429. The Morgan fingerprint density at radius 2 is 2.50 bits per heavy atom. The normalized spacial score (nSPS) is 12.9. The van der Waals surface area contributed by atoms with Crippen molar-refractivity contribution in [3.05, 3.63) is 17.5 Å². The Morgan fingerprint density at radius 3 is 3.08 bits per heavy atom. The number of thioether (sulfide) groups is 1. The van der Waals surface area contributed by atoms with E-state index in [1.54, 1.807) is 12.3 Å². The lowest BCUT2D eigenvalue weighted by atomic mass is 10.5. The summed E-state index contributed by atoms with van der Waals surface area (Å²) in [6.45, 7) is 2.05. The summed E-state index contributed by atoms with van der Waals surface area (Å²) in [7, 11) is 0. The molecule has 0 spiro atoms. The summed E-state index contributed by atoms with van der Waals surface area (Å²) in [6.07, 6.45) is 1.60. The molecule has 0 fully saturated rings. The van der Waals surface area contributed by atoms with Crippen LogP contribution < -0.4 is 0 Å². The van der Waals surface area contributed by atoms with Crippen LogP contribution >= 0.6 is 23.4 Å². The Morgan fingerprint density at radius 1 is 1.75 bits per heavy atom. The van der Waals surface area contributed by atoms with Crippen LogP contribution in [0.1, 0.15) is 6.92 Å². The van der Waals surface area contributed by atoms with Crippen molar-refractivity contribution in [3.63, 3.8) is 0 Å². The van der Waals surface area contributed by atoms with Crippen molar-refractivity contribution in [2.75, 3.05) is 6.61 Å². The minimum Gasteiger partial charge on any atom is -0.395 e. The fourth-order valence-electron chi connectivity index (χ4n) is 0.629. The van der Waals surface area contributed by atoms with Crippen LogP contribution in [0.3, 0.4) is 0 Å². The number of aliphatic hydroxyl groups is 1. The molecular formula is C7H9ClN2OS. The number of nitrogens with zero attached hydrogens (tertiary/aromatic N) is 2. The zero-order valence-electron chi connectivity index (χ0n) is 6.57. The van der Waals surface area contributed by atoms with Crippen molar-refractivity contribution in [2.45, 2.75) is 17.2 Å². The number of hydrogen-bond acceptors (Lipinski definition) is 4. The first-order valence-corrected chi connectivity index (χ1v) is 4.74. The van der Waals surface area contributed by atoms with Crippen molar-refractivity contribution in [1.29, 1.82) is 0 Å². The van der Waals surface area contributed by atoms with Crippen LogP contribution in [-0.2, 0) is 0 Å². The summed E-state index contributed by atoms with van der Waals surface area (Å²) in [6, 6.07) is 1.77. The zero-order chi connectivity index (χ0) is 8.97. The third-order valence-electron chi connectivity index (χ3n) is 1.18. The van der Waals surface area contributed by atoms with E-state index in [4.69, 9.17) is 16.7 Å². The van der Waals surface area contributed by atoms with E-state index in [2.05, 4.69) is 9.97 Å². The molecule has 1 N–H and O–H groups in total. The van der Waals surface area contributed by atoms with Crippen molar-refractivity contribution in [1.82, 2.24) is 9.97 Å². The highest BCUT2D eigenvalue weighted by Crippen LogP contribution is 2.20. The molecule has 5 heteroatoms. The standard InChI is InChI=1S/C7H9ClN2OS/c1-5(4-11)12-6-2-3-9-7(8)10-6/h2-3,5,11H,4H2,1H3. The van der Waals surface area contributed by atoms with E-state index in [0.29, 0.717) is 0 Å². The van der Waals surface area contributed by atoms with Gasteiger partial charge in [-0.05, 0) is 17.7 Å². The molecular weight excluding hydrogens is 196 g/mol. The van der Waals surface area contributed by atoms with Gasteiger partial charge < -0.3 is 5.11 Å². The SMILES string of the molecule is CC(CO)Sc1ccnc(Cl)n1. The molecule has 3 nitrogen and oxygen atoms in total. The molecule has 0 saturated carbocycles. The molecule has 1 rings (SSSR count). The topological polar surface area (TPSA) is 46.0 Å². The molecule has 1 aromatic rings. The zero-order valence-corrected chi connectivity index (χ0v) is 8.14. The second-order valence-corrected chi connectivity index (χ2v) is 4.07. The Hall–Kier alpha value is -0.320. The third-order valence-corrected chi connectivity index (χ3v) is 2.38. The van der Waals surface area contributed by atoms with Gasteiger partial charge in [-0.3, -0.25) is 0 Å². The maximum absolute atomic E-state index is 8.77. The van der Waals surface area contributed by atoms with Crippen LogP contribution in [0, 0.1) is 0 Å². The minimum absolute atomic E-state index is 0.131. The van der Waals surface area contributed by atoms with Gasteiger partial charge in [0.2, 0.25) is 5.28 Å². The fourth-order valence-corrected chi connectivity index (χ4v) is 1.59. The Bertz CT molecular complexity index is 259. The van der Waals surface area contributed by atoms with Gasteiger partial charge in [-0.2, -0.15) is 0 Å². The number of rotatable bonds is 3. The molecule has 1 aromatic heterocycles. The summed E-state index contributed by atoms with van der Waals surface area (Å²) in [5, 5.41) is 9.93. The van der Waals surface area contributed by atoms with Gasteiger partial charge in [-0.25, -0.2) is 9.97 Å². The maximum Gasteiger partial charge on any atom is 0.223 e. The third kappa shape index (κ3) is 2.97.